The van der Waals surface area contributed by atoms with Gasteiger partial charge in [0.2, 0.25) is 0 Å². The molecule has 17 heavy (non-hydrogen) atoms. The third-order valence-electron chi connectivity index (χ3n) is 2.44. The predicted molar refractivity (Wildman–Crippen MR) is 91.5 cm³/mol. The first-order valence-electron chi connectivity index (χ1n) is 5.39. The van der Waals surface area contributed by atoms with Crippen LogP contribution in [-0.2, 0) is 12.8 Å². The first kappa shape index (κ1) is 15.0. The van der Waals surface area contributed by atoms with Gasteiger partial charge in [0.05, 0.1) is 7.11 Å². The van der Waals surface area contributed by atoms with Crippen molar-refractivity contribution >= 4 is 45.2 Å². The van der Waals surface area contributed by atoms with Gasteiger partial charge < -0.3 is 4.74 Å². The fraction of sp³-hybridized carbons (Fsp3) is 0.286. The van der Waals surface area contributed by atoms with E-state index in [9.17, 15) is 0 Å². The molecule has 0 radical (unpaired) electrons. The molecule has 0 N–H and O–H groups in total. The molecule has 1 nitrogen and oxygen atoms in total. The highest BCUT2D eigenvalue weighted by Gasteiger charge is 2.08. The van der Waals surface area contributed by atoms with Crippen LogP contribution < -0.4 is 4.74 Å². The number of aryl methyl sites for hydroxylation is 1. The van der Waals surface area contributed by atoms with Crippen molar-refractivity contribution in [3.05, 3.63) is 49.1 Å². The second-order valence-electron chi connectivity index (χ2n) is 3.75. The van der Waals surface area contributed by atoms with Crippen molar-refractivity contribution in [2.75, 3.05) is 7.11 Å². The smallest absolute Gasteiger partial charge is 0.125 e. The summed E-state index contributed by atoms with van der Waals surface area (Å²) in [6, 6.07) is 4.40. The lowest BCUT2D eigenvalue weighted by Crippen LogP contribution is -1.97. The molecule has 0 aromatic heterocycles. The van der Waals surface area contributed by atoms with Gasteiger partial charge in [-0.2, -0.15) is 0 Å². The molecule has 92 valence electrons. The van der Waals surface area contributed by atoms with Gasteiger partial charge in [-0.15, -0.1) is 0 Å². The zero-order chi connectivity index (χ0) is 12.7. The fourth-order valence-corrected chi connectivity index (χ4v) is 2.35. The Balaban J connectivity index is 3.14. The van der Waals surface area contributed by atoms with Gasteiger partial charge in [0.15, 0.2) is 0 Å². The second-order valence-corrected chi connectivity index (χ2v) is 5.19. The second kappa shape index (κ2) is 8.13. The van der Waals surface area contributed by atoms with Crippen LogP contribution in [-0.4, -0.2) is 7.11 Å². The molecule has 0 spiro atoms. The van der Waals surface area contributed by atoms with Crippen LogP contribution in [0.4, 0.5) is 0 Å². The molecule has 1 rings (SSSR count). The average Bonchev–Trinajstić information content (AvgIpc) is 2.33. The van der Waals surface area contributed by atoms with E-state index < -0.39 is 0 Å². The number of hydrogen-bond donors (Lipinski definition) is 0. The molecule has 0 aliphatic heterocycles. The summed E-state index contributed by atoms with van der Waals surface area (Å²) in [6.45, 7) is 2.13. The third-order valence-corrected chi connectivity index (χ3v) is 3.46. The number of benzene rings is 1. The van der Waals surface area contributed by atoms with E-state index in [4.69, 9.17) is 4.74 Å². The lowest BCUT2D eigenvalue weighted by Gasteiger charge is -2.13. The SMILES string of the molecule is COc1c(C/C=C/I)cc(C)cc1C/C=C/I. The standard InChI is InChI=1S/C14H16I2O/c1-11-9-12(5-3-7-15)14(17-2)13(10-11)6-4-8-16/h3-4,7-10H,5-6H2,1-2H3/b7-3+,8-4+. The molecule has 0 amide bonds. The first-order chi connectivity index (χ1) is 8.22. The Kier molecular flexibility index (Phi) is 7.18. The number of ether oxygens (including phenoxy) is 1. The van der Waals surface area contributed by atoms with E-state index in [0.717, 1.165) is 18.6 Å². The lowest BCUT2D eigenvalue weighted by molar-refractivity contribution is 0.406. The maximum atomic E-state index is 5.55. The molecule has 0 aliphatic rings. The Morgan fingerprint density at radius 1 is 1.06 bits per heavy atom. The molecule has 1 aromatic carbocycles. The van der Waals surface area contributed by atoms with E-state index in [1.807, 2.05) is 8.17 Å². The molecule has 1 aromatic rings. The largest absolute Gasteiger partial charge is 0.496 e. The van der Waals surface area contributed by atoms with E-state index in [0.29, 0.717) is 0 Å². The first-order valence-corrected chi connectivity index (χ1v) is 7.89. The molecule has 0 fully saturated rings. The molecule has 0 bridgehead atoms. The number of methoxy groups -OCH3 is 1. The summed E-state index contributed by atoms with van der Waals surface area (Å²) in [4.78, 5) is 0. The molecular formula is C14H16I2O. The predicted octanol–water partition coefficient (Wildman–Crippen LogP) is 4.99. The Hall–Kier alpha value is -0.0400. The summed E-state index contributed by atoms with van der Waals surface area (Å²) in [6.07, 6.45) is 6.15. The van der Waals surface area contributed by atoms with Crippen LogP contribution in [0.25, 0.3) is 0 Å². The molecule has 0 saturated carbocycles. The van der Waals surface area contributed by atoms with Crippen molar-refractivity contribution in [2.24, 2.45) is 0 Å². The van der Waals surface area contributed by atoms with Gasteiger partial charge in [-0.25, -0.2) is 0 Å². The van der Waals surface area contributed by atoms with Crippen LogP contribution in [0.5, 0.6) is 5.75 Å². The van der Waals surface area contributed by atoms with Gasteiger partial charge in [-0.3, -0.25) is 0 Å². The molecule has 0 aliphatic carbocycles. The lowest BCUT2D eigenvalue weighted by atomic mass is 10.0. The number of allylic oxidation sites excluding steroid dienone is 2. The monoisotopic (exact) mass is 454 g/mol. The van der Waals surface area contributed by atoms with Crippen molar-refractivity contribution < 1.29 is 4.74 Å². The van der Waals surface area contributed by atoms with Crippen LogP contribution in [0.15, 0.2) is 32.5 Å². The summed E-state index contributed by atoms with van der Waals surface area (Å²) in [5.41, 5.74) is 3.81. The maximum Gasteiger partial charge on any atom is 0.125 e. The molecule has 0 heterocycles. The number of halogens is 2. The van der Waals surface area contributed by atoms with Crippen LogP contribution in [0, 0.1) is 6.92 Å². The molecule has 0 atom stereocenters. The summed E-state index contributed by atoms with van der Waals surface area (Å²) in [5, 5.41) is 0. The quantitative estimate of drug-likeness (QED) is 0.571. The van der Waals surface area contributed by atoms with Crippen molar-refractivity contribution in [3.63, 3.8) is 0 Å². The van der Waals surface area contributed by atoms with Gasteiger partial charge in [-0.1, -0.05) is 75.0 Å². The van der Waals surface area contributed by atoms with E-state index in [2.05, 4.69) is 76.4 Å². The third kappa shape index (κ3) is 4.62. The van der Waals surface area contributed by atoms with Crippen LogP contribution in [0.1, 0.15) is 16.7 Å². The molecule has 3 heteroatoms. The highest BCUT2D eigenvalue weighted by molar-refractivity contribution is 14.1. The highest BCUT2D eigenvalue weighted by atomic mass is 127. The Labute approximate surface area is 131 Å². The molecule has 0 unspecified atom stereocenters. The summed E-state index contributed by atoms with van der Waals surface area (Å²) in [5.74, 6) is 1.03. The fourth-order valence-electron chi connectivity index (χ4n) is 1.84. The highest BCUT2D eigenvalue weighted by Crippen LogP contribution is 2.27. The van der Waals surface area contributed by atoms with Crippen LogP contribution in [0.3, 0.4) is 0 Å². The van der Waals surface area contributed by atoms with Gasteiger partial charge in [-0.05, 0) is 39.1 Å². The van der Waals surface area contributed by atoms with Crippen LogP contribution in [0.2, 0.25) is 0 Å². The normalized spacial score (nSPS) is 11.5. The zero-order valence-electron chi connectivity index (χ0n) is 10.0. The van der Waals surface area contributed by atoms with Crippen molar-refractivity contribution in [3.8, 4) is 5.75 Å². The molecule has 0 saturated heterocycles. The maximum absolute atomic E-state index is 5.55. The van der Waals surface area contributed by atoms with Gasteiger partial charge in [0.1, 0.15) is 5.75 Å². The van der Waals surface area contributed by atoms with Crippen molar-refractivity contribution in [1.82, 2.24) is 0 Å². The Bertz CT molecular complexity index is 387. The Morgan fingerprint density at radius 3 is 1.88 bits per heavy atom. The number of rotatable bonds is 5. The van der Waals surface area contributed by atoms with Crippen LogP contribution >= 0.6 is 45.2 Å². The Morgan fingerprint density at radius 2 is 1.53 bits per heavy atom. The summed E-state index contributed by atoms with van der Waals surface area (Å²) < 4.78 is 9.64. The van der Waals surface area contributed by atoms with Gasteiger partial charge in [0, 0.05) is 0 Å². The van der Waals surface area contributed by atoms with Crippen molar-refractivity contribution in [2.45, 2.75) is 19.8 Å². The van der Waals surface area contributed by atoms with Crippen molar-refractivity contribution in [1.29, 1.82) is 0 Å². The van der Waals surface area contributed by atoms with E-state index in [1.54, 1.807) is 7.11 Å². The minimum absolute atomic E-state index is 0.925. The average molecular weight is 454 g/mol. The minimum Gasteiger partial charge on any atom is -0.496 e. The zero-order valence-corrected chi connectivity index (χ0v) is 14.4. The van der Waals surface area contributed by atoms with Gasteiger partial charge >= 0.3 is 0 Å². The minimum atomic E-state index is 0.925. The summed E-state index contributed by atoms with van der Waals surface area (Å²) >= 11 is 4.49. The van der Waals surface area contributed by atoms with E-state index >= 15 is 0 Å². The van der Waals surface area contributed by atoms with Gasteiger partial charge in [0.25, 0.3) is 0 Å². The van der Waals surface area contributed by atoms with E-state index in [-0.39, 0.29) is 0 Å². The molecular weight excluding hydrogens is 438 g/mol. The summed E-state index contributed by atoms with van der Waals surface area (Å²) in [7, 11) is 1.75. The topological polar surface area (TPSA) is 9.23 Å². The van der Waals surface area contributed by atoms with E-state index in [1.165, 1.54) is 16.7 Å². The number of hydrogen-bond acceptors (Lipinski definition) is 1.